The van der Waals surface area contributed by atoms with E-state index in [0.29, 0.717) is 43.6 Å². The van der Waals surface area contributed by atoms with Crippen LogP contribution in [-0.2, 0) is 33.5 Å². The first-order valence-corrected chi connectivity index (χ1v) is 47.1. The summed E-state index contributed by atoms with van der Waals surface area (Å²) in [6.07, 6.45) is 67.7. The Hall–Kier alpha value is -4.74. The number of carbonyl (C=O) groups excluding carboxylic acids is 3. The molecular formula is C99H174O12. The smallest absolute Gasteiger partial charge is 0.339 e. The highest BCUT2D eigenvalue weighted by molar-refractivity contribution is 6.08. The Balaban J connectivity index is 0.00000112. The molecule has 0 radical (unpaired) electrons. The Morgan fingerprint density at radius 1 is 0.234 bits per heavy atom. The second kappa shape index (κ2) is 70.7. The topological polar surface area (TPSA) is 191 Å². The van der Waals surface area contributed by atoms with Crippen LogP contribution in [0.15, 0.2) is 18.2 Å². The van der Waals surface area contributed by atoms with Crippen LogP contribution >= 0.6 is 0 Å². The number of aromatic carboxylic acids is 3. The molecule has 0 aliphatic carbocycles. The van der Waals surface area contributed by atoms with Crippen LogP contribution in [0.4, 0.5) is 0 Å². The Morgan fingerprint density at radius 2 is 0.432 bits per heavy atom. The lowest BCUT2D eigenvalue weighted by atomic mass is 9.80. The fourth-order valence-corrected chi connectivity index (χ4v) is 15.6. The van der Waals surface area contributed by atoms with Gasteiger partial charge in [-0.05, 0) is 128 Å². The Kier molecular flexibility index (Phi) is 66.4. The first-order chi connectivity index (χ1) is 53.5. The lowest BCUT2D eigenvalue weighted by molar-refractivity contribution is 0.0447. The van der Waals surface area contributed by atoms with Crippen LogP contribution < -0.4 is 0 Å². The standard InChI is InChI=1S/C54H96O6.C45H78O6/c1-46(2)37-31-25-19-13-7-10-16-22-28-34-42-58-52(55)49-40-41-50(53(56)59-43-35-29-23-17-11-8-14-20-26-32-38-47(3)4)51(45-49)54(57)60-44-36-30-24-18-12-9-15-21-27-33-39-48(5)6;1-34(2)28-22-16-10-7-13-19-25-31-37-38(32-26-20-14-8-11-17-23-29-35(3)4)41(44(48)49)42(45(50)51)39(40(37)43(46)47)33-27-21-15-9-12-18-24-30-36(5)6/h40-41,45-48H,7-39,42-44H2,1-6H3;34-36H,7-33H2,1-6H3,(H,46,47)(H,48,49)(H,50,51). The summed E-state index contributed by atoms with van der Waals surface area (Å²) in [6, 6.07) is 4.54. The van der Waals surface area contributed by atoms with Gasteiger partial charge in [0.2, 0.25) is 0 Å². The van der Waals surface area contributed by atoms with E-state index in [1.165, 1.54) is 243 Å². The van der Waals surface area contributed by atoms with Crippen LogP contribution in [0.3, 0.4) is 0 Å². The number of hydrogen-bond acceptors (Lipinski definition) is 9. The largest absolute Gasteiger partial charge is 0.478 e. The lowest BCUT2D eigenvalue weighted by Gasteiger charge is -2.22. The number of rotatable bonds is 75. The van der Waals surface area contributed by atoms with Crippen LogP contribution in [0.25, 0.3) is 0 Å². The molecule has 0 fully saturated rings. The Bertz CT molecular complexity index is 2650. The highest BCUT2D eigenvalue weighted by Crippen LogP contribution is 2.35. The second-order valence-corrected chi connectivity index (χ2v) is 36.0. The monoisotopic (exact) mass is 1560 g/mol. The van der Waals surface area contributed by atoms with Crippen LogP contribution in [0.1, 0.15) is 528 Å². The molecule has 111 heavy (non-hydrogen) atoms. The SMILES string of the molecule is CC(C)CCCCCCCCCCCCOC(=O)c1ccc(C(=O)OCCCCCCCCCCCCC(C)C)c(C(=O)OCCCCCCCCCCCCC(C)C)c1.CC(C)CCCCCCCCCc1c(CCCCCCCCCC(C)C)c(C(=O)O)c(C(=O)O)c(CCCCCCCCCC(C)C)c1C(=O)O. The molecule has 0 unspecified atom stereocenters. The summed E-state index contributed by atoms with van der Waals surface area (Å²) in [5, 5.41) is 31.6. The highest BCUT2D eigenvalue weighted by atomic mass is 16.5. The molecule has 12 heteroatoms. The van der Waals surface area contributed by atoms with E-state index in [9.17, 15) is 44.1 Å². The third-order valence-corrected chi connectivity index (χ3v) is 22.5. The summed E-state index contributed by atoms with van der Waals surface area (Å²) in [5.74, 6) is -0.717. The van der Waals surface area contributed by atoms with Gasteiger partial charge in [-0.1, -0.05) is 411 Å². The highest BCUT2D eigenvalue weighted by Gasteiger charge is 2.33. The number of carbonyl (C=O) groups is 6. The fraction of sp³-hybridized carbons (Fsp3) is 0.818. The van der Waals surface area contributed by atoms with Crippen LogP contribution in [-0.4, -0.2) is 71.0 Å². The number of carboxylic acid groups (broad SMARTS) is 3. The van der Waals surface area contributed by atoms with Gasteiger partial charge in [0.25, 0.3) is 0 Å². The van der Waals surface area contributed by atoms with Gasteiger partial charge < -0.3 is 29.5 Å². The molecule has 0 amide bonds. The number of unbranched alkanes of at least 4 members (excludes halogenated alkanes) is 45. The average Bonchev–Trinajstić information content (AvgIpc) is 0.753. The summed E-state index contributed by atoms with van der Waals surface area (Å²) in [5.41, 5.74) is 1.33. The number of carboxylic acids is 3. The summed E-state index contributed by atoms with van der Waals surface area (Å²) >= 11 is 0. The van der Waals surface area contributed by atoms with Crippen molar-refractivity contribution in [3.63, 3.8) is 0 Å². The normalized spacial score (nSPS) is 11.6. The first kappa shape index (κ1) is 104. The van der Waals surface area contributed by atoms with Crippen LogP contribution in [0, 0.1) is 35.5 Å². The van der Waals surface area contributed by atoms with Gasteiger partial charge in [-0.2, -0.15) is 0 Å². The van der Waals surface area contributed by atoms with E-state index in [-0.39, 0.29) is 52.0 Å². The van der Waals surface area contributed by atoms with Crippen LogP contribution in [0.5, 0.6) is 0 Å². The van der Waals surface area contributed by atoms with Gasteiger partial charge in [0.05, 0.1) is 53.2 Å². The van der Waals surface area contributed by atoms with Crippen molar-refractivity contribution >= 4 is 35.8 Å². The summed E-state index contributed by atoms with van der Waals surface area (Å²) in [6.45, 7) is 28.3. The van der Waals surface area contributed by atoms with E-state index in [1.54, 1.807) is 6.07 Å². The molecule has 0 atom stereocenters. The minimum Gasteiger partial charge on any atom is -0.478 e. The molecule has 642 valence electrons. The van der Waals surface area contributed by atoms with Gasteiger partial charge in [0.15, 0.2) is 0 Å². The third-order valence-electron chi connectivity index (χ3n) is 22.5. The summed E-state index contributed by atoms with van der Waals surface area (Å²) in [7, 11) is 0. The van der Waals surface area contributed by atoms with Crippen molar-refractivity contribution < 1.29 is 58.3 Å². The average molecular weight is 1560 g/mol. The van der Waals surface area contributed by atoms with Crippen molar-refractivity contribution in [3.8, 4) is 0 Å². The van der Waals surface area contributed by atoms with Crippen molar-refractivity contribution in [3.05, 3.63) is 68.3 Å². The molecular weight excluding hydrogens is 1380 g/mol. The molecule has 0 aliphatic heterocycles. The number of esters is 3. The minimum atomic E-state index is -1.33. The zero-order valence-corrected chi connectivity index (χ0v) is 74.3. The molecule has 0 saturated carbocycles. The van der Waals surface area contributed by atoms with Gasteiger partial charge in [0, 0.05) is 0 Å². The Morgan fingerprint density at radius 3 is 0.685 bits per heavy atom. The maximum Gasteiger partial charge on any atom is 0.339 e. The molecule has 2 aromatic rings. The molecule has 0 heterocycles. The van der Waals surface area contributed by atoms with Crippen molar-refractivity contribution in [1.29, 1.82) is 0 Å². The molecule has 0 bridgehead atoms. The Labute approximate surface area is 682 Å². The predicted octanol–water partition coefficient (Wildman–Crippen LogP) is 30.7. The number of ether oxygens (including phenoxy) is 3. The van der Waals surface area contributed by atoms with Crippen molar-refractivity contribution in [2.24, 2.45) is 35.5 Å². The van der Waals surface area contributed by atoms with E-state index in [2.05, 4.69) is 83.1 Å². The van der Waals surface area contributed by atoms with E-state index in [0.717, 1.165) is 164 Å². The molecule has 3 N–H and O–H groups in total. The van der Waals surface area contributed by atoms with E-state index in [1.807, 2.05) is 0 Å². The van der Waals surface area contributed by atoms with Crippen molar-refractivity contribution in [2.45, 2.75) is 468 Å². The molecule has 0 aromatic heterocycles. The quantitative estimate of drug-likeness (QED) is 0.0323. The molecule has 0 saturated heterocycles. The second-order valence-electron chi connectivity index (χ2n) is 36.0. The first-order valence-electron chi connectivity index (χ1n) is 47.1. The predicted molar refractivity (Wildman–Crippen MR) is 468 cm³/mol. The van der Waals surface area contributed by atoms with Crippen molar-refractivity contribution in [2.75, 3.05) is 19.8 Å². The zero-order chi connectivity index (χ0) is 81.9. The maximum atomic E-state index is 13.4. The van der Waals surface area contributed by atoms with Gasteiger partial charge in [-0.3, -0.25) is 0 Å². The van der Waals surface area contributed by atoms with Gasteiger partial charge in [-0.25, -0.2) is 28.8 Å². The molecule has 0 aliphatic rings. The van der Waals surface area contributed by atoms with Gasteiger partial charge >= 0.3 is 35.8 Å². The van der Waals surface area contributed by atoms with Gasteiger partial charge in [0.1, 0.15) is 0 Å². The lowest BCUT2D eigenvalue weighted by Crippen LogP contribution is -2.22. The molecule has 12 nitrogen and oxygen atoms in total. The summed E-state index contributed by atoms with van der Waals surface area (Å²) < 4.78 is 16.9. The third kappa shape index (κ3) is 57.1. The maximum absolute atomic E-state index is 13.4. The van der Waals surface area contributed by atoms with E-state index in [4.69, 9.17) is 14.2 Å². The minimum absolute atomic E-state index is 0.0694. The zero-order valence-electron chi connectivity index (χ0n) is 74.3. The van der Waals surface area contributed by atoms with Crippen LogP contribution in [0.2, 0.25) is 0 Å². The van der Waals surface area contributed by atoms with Gasteiger partial charge in [-0.15, -0.1) is 0 Å². The van der Waals surface area contributed by atoms with Crippen molar-refractivity contribution in [1.82, 2.24) is 0 Å². The fourth-order valence-electron chi connectivity index (χ4n) is 15.6. The molecule has 2 aromatic carbocycles. The van der Waals surface area contributed by atoms with E-state index < -0.39 is 35.8 Å². The van der Waals surface area contributed by atoms with E-state index >= 15 is 0 Å². The number of hydrogen-bond donors (Lipinski definition) is 3. The molecule has 0 spiro atoms. The number of benzene rings is 2. The summed E-state index contributed by atoms with van der Waals surface area (Å²) in [4.78, 5) is 78.4. The molecule has 2 rings (SSSR count).